The van der Waals surface area contributed by atoms with Gasteiger partial charge in [-0.1, -0.05) is 36.4 Å². The molecule has 3 rings (SSSR count). The molecule has 0 amide bonds. The second kappa shape index (κ2) is 7.41. The quantitative estimate of drug-likeness (QED) is 0.714. The number of aryl methyl sites for hydroxylation is 1. The number of rotatable bonds is 6. The molecule has 1 atom stereocenters. The number of aromatic nitrogens is 1. The predicted molar refractivity (Wildman–Crippen MR) is 97.4 cm³/mol. The lowest BCUT2D eigenvalue weighted by Gasteiger charge is -2.09. The summed E-state index contributed by atoms with van der Waals surface area (Å²) in [7, 11) is -2.38. The van der Waals surface area contributed by atoms with Crippen molar-refractivity contribution in [1.82, 2.24) is 4.98 Å². The molecular formula is C19H20N2O4S. The van der Waals surface area contributed by atoms with Crippen LogP contribution in [0.15, 0.2) is 68.9 Å². The SMILES string of the molecule is COCC(N)c1oc(-c2ccccc2C)nc1S(=O)(=O)c1ccccc1. The Morgan fingerprint density at radius 3 is 2.42 bits per heavy atom. The minimum Gasteiger partial charge on any atom is -0.438 e. The Morgan fingerprint density at radius 2 is 1.77 bits per heavy atom. The lowest BCUT2D eigenvalue weighted by atomic mass is 10.1. The van der Waals surface area contributed by atoms with Crippen LogP contribution in [0.2, 0.25) is 0 Å². The third-order valence-corrected chi connectivity index (χ3v) is 5.68. The number of hydrogen-bond donors (Lipinski definition) is 1. The second-order valence-corrected chi connectivity index (χ2v) is 7.75. The van der Waals surface area contributed by atoms with Crippen LogP contribution < -0.4 is 5.73 Å². The topological polar surface area (TPSA) is 95.4 Å². The molecule has 2 N–H and O–H groups in total. The number of nitrogens with zero attached hydrogens (tertiary/aromatic N) is 1. The Labute approximate surface area is 152 Å². The average molecular weight is 372 g/mol. The van der Waals surface area contributed by atoms with Gasteiger partial charge in [0, 0.05) is 12.7 Å². The van der Waals surface area contributed by atoms with Crippen molar-refractivity contribution in [3.05, 3.63) is 65.9 Å². The van der Waals surface area contributed by atoms with Crippen LogP contribution in [0.3, 0.4) is 0 Å². The molecule has 1 heterocycles. The highest BCUT2D eigenvalue weighted by molar-refractivity contribution is 7.91. The lowest BCUT2D eigenvalue weighted by molar-refractivity contribution is 0.171. The summed E-state index contributed by atoms with van der Waals surface area (Å²) in [5.41, 5.74) is 7.72. The van der Waals surface area contributed by atoms with Crippen molar-refractivity contribution < 1.29 is 17.6 Å². The zero-order valence-corrected chi connectivity index (χ0v) is 15.4. The van der Waals surface area contributed by atoms with Crippen molar-refractivity contribution in [2.24, 2.45) is 5.73 Å². The van der Waals surface area contributed by atoms with E-state index in [1.165, 1.54) is 19.2 Å². The first-order chi connectivity index (χ1) is 12.4. The van der Waals surface area contributed by atoms with Gasteiger partial charge < -0.3 is 14.9 Å². The molecule has 0 saturated heterocycles. The Morgan fingerprint density at radius 1 is 1.12 bits per heavy atom. The van der Waals surface area contributed by atoms with Crippen molar-refractivity contribution in [3.8, 4) is 11.5 Å². The molecular weight excluding hydrogens is 352 g/mol. The second-order valence-electron chi connectivity index (χ2n) is 5.88. The standard InChI is InChI=1S/C19H20N2O4S/c1-13-8-6-7-11-15(13)18-21-19(17(25-18)16(20)12-24-2)26(22,23)14-9-4-3-5-10-14/h3-11,16H,12,20H2,1-2H3. The molecule has 6 nitrogen and oxygen atoms in total. The zero-order chi connectivity index (χ0) is 18.7. The third kappa shape index (κ3) is 3.41. The molecule has 3 aromatic rings. The van der Waals surface area contributed by atoms with Gasteiger partial charge in [0.15, 0.2) is 5.76 Å². The number of oxazole rings is 1. The van der Waals surface area contributed by atoms with E-state index in [-0.39, 0.29) is 28.2 Å². The highest BCUT2D eigenvalue weighted by atomic mass is 32.2. The first kappa shape index (κ1) is 18.3. The van der Waals surface area contributed by atoms with Gasteiger partial charge in [-0.05, 0) is 30.7 Å². The molecule has 1 unspecified atom stereocenters. The average Bonchev–Trinajstić information content (AvgIpc) is 3.09. The van der Waals surface area contributed by atoms with Crippen molar-refractivity contribution in [2.45, 2.75) is 22.9 Å². The third-order valence-electron chi connectivity index (χ3n) is 3.99. The van der Waals surface area contributed by atoms with Crippen LogP contribution in [0.1, 0.15) is 17.4 Å². The lowest BCUT2D eigenvalue weighted by Crippen LogP contribution is -2.18. The smallest absolute Gasteiger partial charge is 0.227 e. The number of nitrogens with two attached hydrogens (primary N) is 1. The molecule has 0 aliphatic carbocycles. The van der Waals surface area contributed by atoms with E-state index in [0.717, 1.165) is 5.56 Å². The summed E-state index contributed by atoms with van der Waals surface area (Å²) >= 11 is 0. The normalized spacial score (nSPS) is 12.9. The summed E-state index contributed by atoms with van der Waals surface area (Å²) in [5.74, 6) is 0.313. The molecule has 136 valence electrons. The van der Waals surface area contributed by atoms with Gasteiger partial charge in [0.25, 0.3) is 0 Å². The summed E-state index contributed by atoms with van der Waals surface area (Å²) in [6.07, 6.45) is 0. The van der Waals surface area contributed by atoms with Crippen molar-refractivity contribution in [3.63, 3.8) is 0 Å². The zero-order valence-electron chi connectivity index (χ0n) is 14.5. The molecule has 0 radical (unpaired) electrons. The van der Waals surface area contributed by atoms with Gasteiger partial charge in [-0.25, -0.2) is 8.42 Å². The number of benzene rings is 2. The van der Waals surface area contributed by atoms with Crippen LogP contribution in [-0.2, 0) is 14.6 Å². The highest BCUT2D eigenvalue weighted by Crippen LogP contribution is 2.32. The van der Waals surface area contributed by atoms with Crippen molar-refractivity contribution >= 4 is 9.84 Å². The highest BCUT2D eigenvalue weighted by Gasteiger charge is 2.31. The fourth-order valence-corrected chi connectivity index (χ4v) is 4.04. The van der Waals surface area contributed by atoms with E-state index >= 15 is 0 Å². The number of ether oxygens (including phenoxy) is 1. The fraction of sp³-hybridized carbons (Fsp3) is 0.211. The Bertz CT molecular complexity index is 997. The molecule has 0 saturated carbocycles. The van der Waals surface area contributed by atoms with Crippen LogP contribution in [0.5, 0.6) is 0 Å². The molecule has 0 aliphatic rings. The number of hydrogen-bond acceptors (Lipinski definition) is 6. The summed E-state index contributed by atoms with van der Waals surface area (Å²) in [6.45, 7) is 2.01. The monoisotopic (exact) mass is 372 g/mol. The van der Waals surface area contributed by atoms with E-state index in [2.05, 4.69) is 4.98 Å². The van der Waals surface area contributed by atoms with Crippen LogP contribution in [-0.4, -0.2) is 27.1 Å². The molecule has 0 bridgehead atoms. The maximum atomic E-state index is 13.1. The van der Waals surface area contributed by atoms with Crippen LogP contribution >= 0.6 is 0 Å². The first-order valence-electron chi connectivity index (χ1n) is 8.06. The number of sulfone groups is 1. The van der Waals surface area contributed by atoms with E-state index in [0.29, 0.717) is 5.56 Å². The van der Waals surface area contributed by atoms with Gasteiger partial charge in [-0.15, -0.1) is 0 Å². The fourth-order valence-electron chi connectivity index (χ4n) is 2.64. The molecule has 0 fully saturated rings. The van der Waals surface area contributed by atoms with Gasteiger partial charge >= 0.3 is 0 Å². The molecule has 0 aliphatic heterocycles. The van der Waals surface area contributed by atoms with Gasteiger partial charge in [-0.2, -0.15) is 4.98 Å². The Balaban J connectivity index is 2.19. The van der Waals surface area contributed by atoms with Crippen molar-refractivity contribution in [2.75, 3.05) is 13.7 Å². The van der Waals surface area contributed by atoms with Gasteiger partial charge in [0.1, 0.15) is 0 Å². The van der Waals surface area contributed by atoms with Crippen LogP contribution in [0, 0.1) is 6.92 Å². The van der Waals surface area contributed by atoms with E-state index < -0.39 is 15.9 Å². The summed E-state index contributed by atoms with van der Waals surface area (Å²) in [5, 5.41) is -0.175. The van der Waals surface area contributed by atoms with E-state index in [4.69, 9.17) is 14.9 Å². The summed E-state index contributed by atoms with van der Waals surface area (Å²) in [6, 6.07) is 14.8. The largest absolute Gasteiger partial charge is 0.438 e. The van der Waals surface area contributed by atoms with Gasteiger partial charge in [0.05, 0.1) is 17.5 Å². The molecule has 0 spiro atoms. The van der Waals surface area contributed by atoms with Crippen molar-refractivity contribution in [1.29, 1.82) is 0 Å². The van der Waals surface area contributed by atoms with Gasteiger partial charge in [0.2, 0.25) is 20.8 Å². The Hall–Kier alpha value is -2.48. The van der Waals surface area contributed by atoms with Crippen LogP contribution in [0.4, 0.5) is 0 Å². The van der Waals surface area contributed by atoms with E-state index in [9.17, 15) is 8.42 Å². The Kier molecular flexibility index (Phi) is 5.22. The summed E-state index contributed by atoms with van der Waals surface area (Å²) in [4.78, 5) is 4.44. The molecule has 26 heavy (non-hydrogen) atoms. The summed E-state index contributed by atoms with van der Waals surface area (Å²) < 4.78 is 37.0. The minimum absolute atomic E-state index is 0.0916. The molecule has 7 heteroatoms. The predicted octanol–water partition coefficient (Wildman–Crippen LogP) is 3.13. The molecule has 1 aromatic heterocycles. The van der Waals surface area contributed by atoms with E-state index in [1.54, 1.807) is 18.2 Å². The maximum Gasteiger partial charge on any atom is 0.227 e. The molecule has 2 aromatic carbocycles. The first-order valence-corrected chi connectivity index (χ1v) is 9.55. The minimum atomic E-state index is -3.87. The van der Waals surface area contributed by atoms with Crippen LogP contribution in [0.25, 0.3) is 11.5 Å². The number of methoxy groups -OCH3 is 1. The maximum absolute atomic E-state index is 13.1. The van der Waals surface area contributed by atoms with Gasteiger partial charge in [-0.3, -0.25) is 0 Å². The van der Waals surface area contributed by atoms with E-state index in [1.807, 2.05) is 31.2 Å².